The molecule has 1 aliphatic carbocycles. The van der Waals surface area contributed by atoms with Gasteiger partial charge in [-0.05, 0) is 50.1 Å². The van der Waals surface area contributed by atoms with Crippen molar-refractivity contribution in [3.05, 3.63) is 0 Å². The first kappa shape index (κ1) is 10.1. The maximum absolute atomic E-state index is 3.83. The van der Waals surface area contributed by atoms with Gasteiger partial charge in [0.15, 0.2) is 0 Å². The van der Waals surface area contributed by atoms with Gasteiger partial charge in [0, 0.05) is 18.6 Å². The van der Waals surface area contributed by atoms with Crippen LogP contribution in [0.3, 0.4) is 0 Å². The Morgan fingerprint density at radius 1 is 1.27 bits per heavy atom. The second kappa shape index (κ2) is 3.46. The Morgan fingerprint density at radius 3 is 2.80 bits per heavy atom. The number of nitrogens with zero attached hydrogens (tertiary/aromatic N) is 1. The molecular formula is C13H24N2. The zero-order valence-electron chi connectivity index (χ0n) is 10.1. The van der Waals surface area contributed by atoms with Crippen LogP contribution in [0.1, 0.15) is 39.5 Å². The molecule has 1 saturated carbocycles. The summed E-state index contributed by atoms with van der Waals surface area (Å²) in [5.74, 6) is 0.952. The van der Waals surface area contributed by atoms with E-state index < -0.39 is 0 Å². The van der Waals surface area contributed by atoms with E-state index in [9.17, 15) is 0 Å². The van der Waals surface area contributed by atoms with Crippen molar-refractivity contribution in [2.24, 2.45) is 11.3 Å². The molecule has 0 spiro atoms. The van der Waals surface area contributed by atoms with Gasteiger partial charge >= 0.3 is 0 Å². The van der Waals surface area contributed by atoms with E-state index in [0.717, 1.165) is 18.0 Å². The van der Waals surface area contributed by atoms with Crippen molar-refractivity contribution >= 4 is 0 Å². The molecule has 86 valence electrons. The van der Waals surface area contributed by atoms with E-state index in [0.29, 0.717) is 5.41 Å². The number of nitrogens with one attached hydrogen (secondary N) is 1. The predicted octanol–water partition coefficient (Wildman–Crippen LogP) is 1.86. The fourth-order valence-electron chi connectivity index (χ4n) is 3.54. The number of hydrogen-bond donors (Lipinski definition) is 1. The van der Waals surface area contributed by atoms with Crippen molar-refractivity contribution in [3.63, 3.8) is 0 Å². The Balaban J connectivity index is 1.48. The average Bonchev–Trinajstić information content (AvgIpc) is 2.58. The predicted molar refractivity (Wildman–Crippen MR) is 62.9 cm³/mol. The standard InChI is InChI=1S/C13H24N2/c1-13(2)8-10(13)9-14-11-5-7-15-6-3-4-12(11)15/h10-12,14H,3-9H2,1-2H3. The van der Waals surface area contributed by atoms with E-state index in [4.69, 9.17) is 0 Å². The highest BCUT2D eigenvalue weighted by molar-refractivity contribution is 5.00. The highest BCUT2D eigenvalue weighted by Crippen LogP contribution is 2.51. The smallest absolute Gasteiger partial charge is 0.0250 e. The van der Waals surface area contributed by atoms with Crippen LogP contribution in [0.2, 0.25) is 0 Å². The van der Waals surface area contributed by atoms with Crippen LogP contribution in [0.4, 0.5) is 0 Å². The van der Waals surface area contributed by atoms with E-state index in [1.807, 2.05) is 0 Å². The topological polar surface area (TPSA) is 15.3 Å². The molecule has 3 aliphatic rings. The van der Waals surface area contributed by atoms with Crippen molar-refractivity contribution in [1.29, 1.82) is 0 Å². The molecule has 0 aromatic carbocycles. The molecule has 0 aromatic rings. The minimum atomic E-state index is 0.640. The Hall–Kier alpha value is -0.0800. The van der Waals surface area contributed by atoms with E-state index in [-0.39, 0.29) is 0 Å². The number of rotatable bonds is 3. The van der Waals surface area contributed by atoms with Crippen molar-refractivity contribution in [2.45, 2.75) is 51.6 Å². The molecule has 2 nitrogen and oxygen atoms in total. The SMILES string of the molecule is CC1(C)CC1CNC1CCN2CCCC12. The van der Waals surface area contributed by atoms with Crippen molar-refractivity contribution < 1.29 is 0 Å². The van der Waals surface area contributed by atoms with E-state index in [1.54, 1.807) is 0 Å². The maximum atomic E-state index is 3.83. The Kier molecular flexibility index (Phi) is 2.33. The van der Waals surface area contributed by atoms with Gasteiger partial charge in [-0.25, -0.2) is 0 Å². The largest absolute Gasteiger partial charge is 0.312 e. The van der Waals surface area contributed by atoms with Gasteiger partial charge < -0.3 is 5.32 Å². The molecule has 2 heteroatoms. The zero-order chi connectivity index (χ0) is 10.5. The molecule has 15 heavy (non-hydrogen) atoms. The lowest BCUT2D eigenvalue weighted by Crippen LogP contribution is -2.40. The second-order valence-electron chi connectivity index (χ2n) is 6.44. The summed E-state index contributed by atoms with van der Waals surface area (Å²) in [6, 6.07) is 1.69. The van der Waals surface area contributed by atoms with Gasteiger partial charge in [-0.1, -0.05) is 13.8 Å². The summed E-state index contributed by atoms with van der Waals surface area (Å²) < 4.78 is 0. The molecule has 3 fully saturated rings. The minimum absolute atomic E-state index is 0.640. The normalized spacial score (nSPS) is 43.2. The molecule has 3 unspecified atom stereocenters. The van der Waals surface area contributed by atoms with Crippen LogP contribution in [-0.2, 0) is 0 Å². The summed E-state index contributed by atoms with van der Waals surface area (Å²) in [6.07, 6.45) is 5.68. The monoisotopic (exact) mass is 208 g/mol. The van der Waals surface area contributed by atoms with Gasteiger partial charge in [-0.2, -0.15) is 0 Å². The second-order valence-corrected chi connectivity index (χ2v) is 6.44. The Labute approximate surface area is 93.4 Å². The van der Waals surface area contributed by atoms with Gasteiger partial charge in [0.1, 0.15) is 0 Å². The first-order valence-electron chi connectivity index (χ1n) is 6.64. The summed E-state index contributed by atoms with van der Waals surface area (Å²) in [4.78, 5) is 2.69. The van der Waals surface area contributed by atoms with Gasteiger partial charge in [0.05, 0.1) is 0 Å². The number of fused-ring (bicyclic) bond motifs is 1. The zero-order valence-corrected chi connectivity index (χ0v) is 10.1. The molecule has 0 bridgehead atoms. The van der Waals surface area contributed by atoms with Crippen LogP contribution in [0, 0.1) is 11.3 Å². The highest BCUT2D eigenvalue weighted by atomic mass is 15.2. The summed E-state index contributed by atoms with van der Waals surface area (Å²) >= 11 is 0. The molecular weight excluding hydrogens is 184 g/mol. The number of hydrogen-bond acceptors (Lipinski definition) is 2. The van der Waals surface area contributed by atoms with E-state index in [2.05, 4.69) is 24.1 Å². The quantitative estimate of drug-likeness (QED) is 0.761. The molecule has 1 N–H and O–H groups in total. The lowest BCUT2D eigenvalue weighted by molar-refractivity contribution is 0.296. The molecule has 0 radical (unpaired) electrons. The van der Waals surface area contributed by atoms with Crippen LogP contribution in [0.15, 0.2) is 0 Å². The van der Waals surface area contributed by atoms with Gasteiger partial charge in [-0.15, -0.1) is 0 Å². The third-order valence-corrected chi connectivity index (χ3v) is 4.95. The van der Waals surface area contributed by atoms with E-state index in [1.165, 1.54) is 45.3 Å². The van der Waals surface area contributed by atoms with Gasteiger partial charge in [0.25, 0.3) is 0 Å². The summed E-state index contributed by atoms with van der Waals surface area (Å²) in [7, 11) is 0. The van der Waals surface area contributed by atoms with Crippen molar-refractivity contribution in [1.82, 2.24) is 10.2 Å². The first-order valence-corrected chi connectivity index (χ1v) is 6.64. The Bertz CT molecular complexity index is 249. The van der Waals surface area contributed by atoms with Gasteiger partial charge in [0.2, 0.25) is 0 Å². The van der Waals surface area contributed by atoms with Gasteiger partial charge in [-0.3, -0.25) is 4.90 Å². The lowest BCUT2D eigenvalue weighted by Gasteiger charge is -2.21. The summed E-state index contributed by atoms with van der Waals surface area (Å²) in [5.41, 5.74) is 0.640. The Morgan fingerprint density at radius 2 is 2.07 bits per heavy atom. The third kappa shape index (κ3) is 1.83. The molecule has 2 heterocycles. The van der Waals surface area contributed by atoms with Crippen molar-refractivity contribution in [2.75, 3.05) is 19.6 Å². The summed E-state index contributed by atoms with van der Waals surface area (Å²) in [6.45, 7) is 8.77. The first-order chi connectivity index (χ1) is 7.17. The maximum Gasteiger partial charge on any atom is 0.0250 e. The molecule has 0 amide bonds. The third-order valence-electron chi connectivity index (χ3n) is 4.95. The van der Waals surface area contributed by atoms with Crippen LogP contribution < -0.4 is 5.32 Å². The average molecular weight is 208 g/mol. The minimum Gasteiger partial charge on any atom is -0.312 e. The van der Waals surface area contributed by atoms with Crippen molar-refractivity contribution in [3.8, 4) is 0 Å². The fraction of sp³-hybridized carbons (Fsp3) is 1.00. The highest BCUT2D eigenvalue weighted by Gasteiger charge is 2.46. The van der Waals surface area contributed by atoms with Crippen LogP contribution in [0.5, 0.6) is 0 Å². The molecule has 2 aliphatic heterocycles. The van der Waals surface area contributed by atoms with Crippen LogP contribution in [-0.4, -0.2) is 36.6 Å². The molecule has 3 atom stereocenters. The molecule has 0 aromatic heterocycles. The van der Waals surface area contributed by atoms with E-state index >= 15 is 0 Å². The lowest BCUT2D eigenvalue weighted by atomic mass is 10.1. The summed E-state index contributed by atoms with van der Waals surface area (Å²) in [5, 5.41) is 3.83. The molecule has 3 rings (SSSR count). The van der Waals surface area contributed by atoms with Crippen LogP contribution in [0.25, 0.3) is 0 Å². The fourth-order valence-corrected chi connectivity index (χ4v) is 3.54. The molecule has 2 saturated heterocycles. The van der Waals surface area contributed by atoms with Crippen LogP contribution >= 0.6 is 0 Å².